The normalized spacial score (nSPS) is 23.7. The predicted octanol–water partition coefficient (Wildman–Crippen LogP) is 2.53. The number of rotatable bonds is 13. The van der Waals surface area contributed by atoms with Gasteiger partial charge in [-0.3, -0.25) is 18.7 Å². The van der Waals surface area contributed by atoms with Gasteiger partial charge < -0.3 is 39.4 Å². The summed E-state index contributed by atoms with van der Waals surface area (Å²) in [6, 6.07) is 13.3. The van der Waals surface area contributed by atoms with Crippen LogP contribution in [-0.4, -0.2) is 97.5 Å². The maximum absolute atomic E-state index is 14.6. The van der Waals surface area contributed by atoms with Gasteiger partial charge >= 0.3 is 19.6 Å². The Morgan fingerprint density at radius 3 is 1.93 bits per heavy atom. The van der Waals surface area contributed by atoms with Gasteiger partial charge in [0.15, 0.2) is 21.2 Å². The number of fused-ring (bicyclic) bond motifs is 3. The average molecular weight is 892 g/mol. The van der Waals surface area contributed by atoms with E-state index in [2.05, 4.69) is 25.1 Å². The minimum atomic E-state index is -4.36. The third-order valence-electron chi connectivity index (χ3n) is 10.1. The van der Waals surface area contributed by atoms with Crippen molar-refractivity contribution in [3.05, 3.63) is 74.6 Å². The fourth-order valence-corrected chi connectivity index (χ4v) is 9.82. The van der Waals surface area contributed by atoms with E-state index in [1.54, 1.807) is 0 Å². The molecule has 0 spiro atoms. The summed E-state index contributed by atoms with van der Waals surface area (Å²) in [6.45, 7) is 3.74. The van der Waals surface area contributed by atoms with E-state index < -0.39 is 74.5 Å². The lowest BCUT2D eigenvalue weighted by Gasteiger charge is -2.28. The van der Waals surface area contributed by atoms with Crippen molar-refractivity contribution in [2.24, 2.45) is 0 Å². The third kappa shape index (κ3) is 8.09. The molecule has 0 bridgehead atoms. The van der Waals surface area contributed by atoms with Gasteiger partial charge in [-0.25, -0.2) is 15.2 Å². The molecule has 0 radical (unpaired) electrons. The summed E-state index contributed by atoms with van der Waals surface area (Å²) >= 11 is 1.92. The van der Waals surface area contributed by atoms with E-state index in [0.29, 0.717) is 29.5 Å². The van der Waals surface area contributed by atoms with Crippen molar-refractivity contribution in [3.8, 4) is 5.88 Å². The van der Waals surface area contributed by atoms with Crippen LogP contribution in [0.15, 0.2) is 48.5 Å². The molecule has 55 heavy (non-hydrogen) atoms. The number of aromatic nitrogens is 4. The molecule has 4 aromatic rings. The predicted molar refractivity (Wildman–Crippen MR) is 206 cm³/mol. The topological polar surface area (TPSA) is 231 Å². The zero-order chi connectivity index (χ0) is 39.2. The molecular weight excluding hydrogens is 848 g/mol. The van der Waals surface area contributed by atoms with E-state index >= 15 is 0 Å². The van der Waals surface area contributed by atoms with Crippen LogP contribution in [0.3, 0.4) is 0 Å². The van der Waals surface area contributed by atoms with Gasteiger partial charge in [0.05, 0.1) is 13.7 Å². The number of carbonyl (C=O) groups excluding carboxylic acids is 2. The molecule has 0 unspecified atom stereocenters. The SMILES string of the molecule is COc1nc(N)nc2c1nc(I)n2[C@@H]1O[C@H](COP(=O)(N[C@@H](C)C(=O)OC2Cc3ccccc3C2)N[C@@H](C)C(=O)OC2Cc3ccccc3C2)[C@@H](O)[C@@]1(C)O. The molecule has 3 heterocycles. The van der Waals surface area contributed by atoms with Gasteiger partial charge in [-0.05, 0) is 43.0 Å². The van der Waals surface area contributed by atoms with Crippen molar-refractivity contribution >= 4 is 59.3 Å². The lowest BCUT2D eigenvalue weighted by atomic mass is 9.96. The summed E-state index contributed by atoms with van der Waals surface area (Å²) in [5, 5.41) is 28.4. The van der Waals surface area contributed by atoms with Gasteiger partial charge in [0.1, 0.15) is 42.1 Å². The number of hydrogen-bond acceptors (Lipinski definition) is 14. The molecule has 6 N–H and O–H groups in total. The van der Waals surface area contributed by atoms with Gasteiger partial charge in [-0.1, -0.05) is 48.5 Å². The molecule has 1 fully saturated rings. The van der Waals surface area contributed by atoms with Crippen LogP contribution in [0.5, 0.6) is 5.88 Å². The Hall–Kier alpha value is -3.75. The number of nitrogens with two attached hydrogens (primary N) is 1. The molecule has 3 aliphatic rings. The summed E-state index contributed by atoms with van der Waals surface area (Å²) in [5.74, 6) is -1.37. The van der Waals surface area contributed by atoms with Crippen LogP contribution in [0.4, 0.5) is 5.95 Å². The number of hydrogen-bond donors (Lipinski definition) is 5. The summed E-state index contributed by atoms with van der Waals surface area (Å²) in [5.41, 5.74) is 8.75. The highest BCUT2D eigenvalue weighted by Gasteiger charge is 2.55. The second-order valence-electron chi connectivity index (χ2n) is 14.2. The molecule has 1 aliphatic heterocycles. The Morgan fingerprint density at radius 1 is 0.964 bits per heavy atom. The first-order chi connectivity index (χ1) is 26.2. The minimum Gasteiger partial charge on any atom is -0.479 e. The first-order valence-electron chi connectivity index (χ1n) is 17.8. The summed E-state index contributed by atoms with van der Waals surface area (Å²) in [4.78, 5) is 39.5. The fourth-order valence-electron chi connectivity index (χ4n) is 7.28. The molecular formula is C36H43IN7O10P. The maximum Gasteiger partial charge on any atom is 0.342 e. The lowest BCUT2D eigenvalue weighted by molar-refractivity contribution is -0.150. The van der Waals surface area contributed by atoms with Crippen LogP contribution in [0.1, 0.15) is 49.3 Å². The number of nitrogens with zero attached hydrogens (tertiary/aromatic N) is 4. The van der Waals surface area contributed by atoms with Crippen molar-refractivity contribution in [1.29, 1.82) is 0 Å². The molecule has 0 saturated carbocycles. The van der Waals surface area contributed by atoms with Crippen molar-refractivity contribution < 1.29 is 47.8 Å². The standard InChI is InChI=1S/C36H43IN7O10P/c1-18(31(46)52-24-13-20-9-5-6-10-21(20)14-24)42-55(49,43-19(2)32(47)53-25-15-22-11-7-8-12-23(22)16-25)51-17-26-28(45)36(3,48)33(54-26)44-29-27(39-34(44)37)30(50-4)41-35(38)40-29/h5-12,18-19,24-26,28,33,45,48H,13-17H2,1-4H3,(H2,38,40,41)(H2,42,43,49)/t18-,19-,26+,28+,33+,36+/m0/s1. The number of methoxy groups -OCH3 is 1. The maximum atomic E-state index is 14.6. The van der Waals surface area contributed by atoms with Crippen molar-refractivity contribution in [2.75, 3.05) is 19.5 Å². The van der Waals surface area contributed by atoms with Crippen LogP contribution >= 0.6 is 30.3 Å². The van der Waals surface area contributed by atoms with Crippen LogP contribution in [0.2, 0.25) is 0 Å². The highest BCUT2D eigenvalue weighted by molar-refractivity contribution is 14.1. The van der Waals surface area contributed by atoms with E-state index in [0.717, 1.165) is 22.3 Å². The van der Waals surface area contributed by atoms with Gasteiger partial charge in [0.2, 0.25) is 11.8 Å². The Morgan fingerprint density at radius 2 is 1.45 bits per heavy atom. The number of ether oxygens (including phenoxy) is 4. The Labute approximate surface area is 330 Å². The van der Waals surface area contributed by atoms with Crippen molar-refractivity contribution in [1.82, 2.24) is 29.7 Å². The monoisotopic (exact) mass is 891 g/mol. The van der Waals surface area contributed by atoms with Crippen LogP contribution in [0.25, 0.3) is 11.2 Å². The van der Waals surface area contributed by atoms with E-state index in [9.17, 15) is 24.4 Å². The Balaban J connectivity index is 1.07. The van der Waals surface area contributed by atoms with Gasteiger partial charge in [0.25, 0.3) is 0 Å². The van der Waals surface area contributed by atoms with Gasteiger partial charge in [-0.2, -0.15) is 9.97 Å². The van der Waals surface area contributed by atoms with Crippen molar-refractivity contribution in [3.63, 3.8) is 0 Å². The summed E-state index contributed by atoms with van der Waals surface area (Å²) < 4.78 is 45.4. The zero-order valence-electron chi connectivity index (χ0n) is 30.5. The second-order valence-corrected chi connectivity index (χ2v) is 17.1. The number of aliphatic hydroxyl groups excluding tert-OH is 1. The second kappa shape index (κ2) is 15.7. The van der Waals surface area contributed by atoms with E-state index in [4.69, 9.17) is 29.2 Å². The Kier molecular flexibility index (Phi) is 11.2. The number of nitrogens with one attached hydrogen (secondary N) is 2. The molecule has 294 valence electrons. The number of aliphatic hydroxyl groups is 2. The number of nitrogen functional groups attached to an aromatic ring is 1. The lowest BCUT2D eigenvalue weighted by Crippen LogP contribution is -2.46. The Bertz CT molecular complexity index is 2020. The molecule has 17 nitrogen and oxygen atoms in total. The van der Waals surface area contributed by atoms with Crippen LogP contribution in [-0.2, 0) is 58.6 Å². The number of esters is 2. The number of anilines is 1. The first kappa shape index (κ1) is 39.5. The molecule has 1 saturated heterocycles. The molecule has 7 rings (SSSR count). The van der Waals surface area contributed by atoms with Crippen LogP contribution in [0, 0.1) is 3.83 Å². The number of imidazole rings is 1. The van der Waals surface area contributed by atoms with Gasteiger partial charge in [-0.15, -0.1) is 0 Å². The first-order valence-corrected chi connectivity index (χ1v) is 20.5. The molecule has 19 heteroatoms. The molecule has 2 aromatic heterocycles. The quantitative estimate of drug-likeness (QED) is 0.0562. The van der Waals surface area contributed by atoms with Crippen molar-refractivity contribution in [2.45, 2.75) is 94.8 Å². The summed E-state index contributed by atoms with van der Waals surface area (Å²) in [6.07, 6.45) is -2.77. The highest BCUT2D eigenvalue weighted by Crippen LogP contribution is 2.45. The minimum absolute atomic E-state index is 0.102. The number of carbonyl (C=O) groups is 2. The molecule has 2 aliphatic carbocycles. The third-order valence-corrected chi connectivity index (χ3v) is 12.8. The zero-order valence-corrected chi connectivity index (χ0v) is 33.6. The molecule has 0 amide bonds. The van der Waals surface area contributed by atoms with Crippen LogP contribution < -0.4 is 20.6 Å². The van der Waals surface area contributed by atoms with E-state index in [-0.39, 0.29) is 23.0 Å². The van der Waals surface area contributed by atoms with E-state index in [1.807, 2.05) is 71.1 Å². The average Bonchev–Trinajstić information content (AvgIpc) is 3.88. The highest BCUT2D eigenvalue weighted by atomic mass is 127. The number of benzene rings is 2. The fraction of sp³-hybridized carbons (Fsp3) is 0.472. The number of halogens is 1. The largest absolute Gasteiger partial charge is 0.479 e. The summed E-state index contributed by atoms with van der Waals surface area (Å²) in [7, 11) is -2.96. The smallest absolute Gasteiger partial charge is 0.342 e. The van der Waals surface area contributed by atoms with Gasteiger partial charge in [0, 0.05) is 48.3 Å². The molecule has 6 atom stereocenters. The van der Waals surface area contributed by atoms with E-state index in [1.165, 1.54) is 32.4 Å². The molecule has 2 aromatic carbocycles.